The molecule has 0 aliphatic heterocycles. The van der Waals surface area contributed by atoms with Crippen molar-refractivity contribution in [3.63, 3.8) is 0 Å². The van der Waals surface area contributed by atoms with Crippen LogP contribution in [0.3, 0.4) is 0 Å². The number of rotatable bonds is 5. The van der Waals surface area contributed by atoms with Crippen molar-refractivity contribution < 1.29 is 9.18 Å². The third kappa shape index (κ3) is 4.29. The van der Waals surface area contributed by atoms with Gasteiger partial charge in [0.05, 0.1) is 6.54 Å². The zero-order valence-electron chi connectivity index (χ0n) is 11.9. The Morgan fingerprint density at radius 2 is 1.79 bits per heavy atom. The van der Waals surface area contributed by atoms with Crippen molar-refractivity contribution >= 4 is 5.91 Å². The van der Waals surface area contributed by atoms with E-state index in [1.165, 1.54) is 12.1 Å². The van der Waals surface area contributed by atoms with Crippen LogP contribution in [0, 0.1) is 5.82 Å². The molecule has 2 unspecified atom stereocenters. The standard InChI is InChI=1S/C14H22FN3O/c1-10(16)14(11-5-7-12(15)8-6-11)18(4)9-13(19)17(2)3/h5-8,10,14H,9,16H2,1-4H3. The quantitative estimate of drug-likeness (QED) is 0.873. The van der Waals surface area contributed by atoms with Crippen LogP contribution in [0.1, 0.15) is 18.5 Å². The summed E-state index contributed by atoms with van der Waals surface area (Å²) in [6.45, 7) is 2.15. The van der Waals surface area contributed by atoms with Gasteiger partial charge in [0.25, 0.3) is 0 Å². The minimum Gasteiger partial charge on any atom is -0.348 e. The fraction of sp³-hybridized carbons (Fsp3) is 0.500. The first-order chi connectivity index (χ1) is 8.82. The van der Waals surface area contributed by atoms with Gasteiger partial charge in [0.1, 0.15) is 5.82 Å². The summed E-state index contributed by atoms with van der Waals surface area (Å²) in [5.41, 5.74) is 6.91. The highest BCUT2D eigenvalue weighted by molar-refractivity contribution is 5.77. The molecule has 0 aliphatic carbocycles. The zero-order valence-corrected chi connectivity index (χ0v) is 11.9. The number of nitrogens with two attached hydrogens (primary N) is 1. The molecule has 0 fully saturated rings. The number of hydrogen-bond donors (Lipinski definition) is 1. The average molecular weight is 267 g/mol. The minimum atomic E-state index is -0.279. The Labute approximate surface area is 114 Å². The molecular weight excluding hydrogens is 245 g/mol. The Balaban J connectivity index is 2.88. The first-order valence-corrected chi connectivity index (χ1v) is 6.24. The predicted molar refractivity (Wildman–Crippen MR) is 74.1 cm³/mol. The van der Waals surface area contributed by atoms with Crippen LogP contribution in [0.25, 0.3) is 0 Å². The summed E-state index contributed by atoms with van der Waals surface area (Å²) in [4.78, 5) is 15.2. The van der Waals surface area contributed by atoms with Gasteiger partial charge < -0.3 is 10.6 Å². The SMILES string of the molecule is CC(N)C(c1ccc(F)cc1)N(C)CC(=O)N(C)C. The average Bonchev–Trinajstić information content (AvgIpc) is 2.31. The molecule has 1 amide bonds. The lowest BCUT2D eigenvalue weighted by atomic mass is 9.99. The molecule has 1 aromatic carbocycles. The summed E-state index contributed by atoms with van der Waals surface area (Å²) >= 11 is 0. The van der Waals surface area contributed by atoms with E-state index in [1.807, 2.05) is 18.9 Å². The summed E-state index contributed by atoms with van der Waals surface area (Å²) in [5.74, 6) is -0.269. The summed E-state index contributed by atoms with van der Waals surface area (Å²) in [6.07, 6.45) is 0. The molecular formula is C14H22FN3O. The highest BCUT2D eigenvalue weighted by Crippen LogP contribution is 2.22. The Hall–Kier alpha value is -1.46. The molecule has 0 aromatic heterocycles. The first-order valence-electron chi connectivity index (χ1n) is 6.24. The highest BCUT2D eigenvalue weighted by Gasteiger charge is 2.23. The van der Waals surface area contributed by atoms with Crippen molar-refractivity contribution in [2.24, 2.45) is 5.73 Å². The lowest BCUT2D eigenvalue weighted by Gasteiger charge is -2.31. The maximum Gasteiger partial charge on any atom is 0.236 e. The topological polar surface area (TPSA) is 49.6 Å². The fourth-order valence-electron chi connectivity index (χ4n) is 2.07. The van der Waals surface area contributed by atoms with Crippen LogP contribution in [0.15, 0.2) is 24.3 Å². The van der Waals surface area contributed by atoms with Crippen LogP contribution in [0.5, 0.6) is 0 Å². The lowest BCUT2D eigenvalue weighted by Crippen LogP contribution is -2.42. The van der Waals surface area contributed by atoms with Gasteiger partial charge in [0, 0.05) is 26.2 Å². The molecule has 0 bridgehead atoms. The molecule has 0 saturated carbocycles. The monoisotopic (exact) mass is 267 g/mol. The molecule has 0 spiro atoms. The summed E-state index contributed by atoms with van der Waals surface area (Å²) < 4.78 is 13.0. The number of carbonyl (C=O) groups excluding carboxylic acids is 1. The number of halogens is 1. The van der Waals surface area contributed by atoms with Gasteiger partial charge in [-0.3, -0.25) is 9.69 Å². The second-order valence-corrected chi connectivity index (χ2v) is 5.06. The van der Waals surface area contributed by atoms with Gasteiger partial charge >= 0.3 is 0 Å². The van der Waals surface area contributed by atoms with Crippen LogP contribution in [0.4, 0.5) is 4.39 Å². The summed E-state index contributed by atoms with van der Waals surface area (Å²) in [7, 11) is 5.28. The molecule has 5 heteroatoms. The third-order valence-electron chi connectivity index (χ3n) is 3.07. The van der Waals surface area contributed by atoms with Crippen LogP contribution in [-0.4, -0.2) is 49.4 Å². The van der Waals surface area contributed by atoms with Crippen LogP contribution in [0.2, 0.25) is 0 Å². The van der Waals surface area contributed by atoms with Crippen molar-refractivity contribution in [3.05, 3.63) is 35.6 Å². The molecule has 106 valence electrons. The maximum absolute atomic E-state index is 13.0. The van der Waals surface area contributed by atoms with Crippen LogP contribution < -0.4 is 5.73 Å². The van der Waals surface area contributed by atoms with Gasteiger partial charge in [-0.2, -0.15) is 0 Å². The molecule has 0 aliphatic rings. The van der Waals surface area contributed by atoms with E-state index in [0.717, 1.165) is 5.56 Å². The van der Waals surface area contributed by atoms with Gasteiger partial charge in [-0.1, -0.05) is 12.1 Å². The van der Waals surface area contributed by atoms with E-state index in [9.17, 15) is 9.18 Å². The molecule has 0 saturated heterocycles. The van der Waals surface area contributed by atoms with E-state index in [0.29, 0.717) is 0 Å². The second-order valence-electron chi connectivity index (χ2n) is 5.06. The van der Waals surface area contributed by atoms with Crippen LogP contribution >= 0.6 is 0 Å². The largest absolute Gasteiger partial charge is 0.348 e. The Bertz CT molecular complexity index is 417. The highest BCUT2D eigenvalue weighted by atomic mass is 19.1. The zero-order chi connectivity index (χ0) is 14.6. The van der Waals surface area contributed by atoms with Crippen LogP contribution in [-0.2, 0) is 4.79 Å². The van der Waals surface area contributed by atoms with Gasteiger partial charge in [0.2, 0.25) is 5.91 Å². The van der Waals surface area contributed by atoms with Gasteiger partial charge in [0.15, 0.2) is 0 Å². The van der Waals surface area contributed by atoms with E-state index in [-0.39, 0.29) is 30.4 Å². The Morgan fingerprint density at radius 3 is 2.21 bits per heavy atom. The molecule has 2 atom stereocenters. The number of benzene rings is 1. The number of likely N-dealkylation sites (N-methyl/N-ethyl adjacent to an activating group) is 2. The third-order valence-corrected chi connectivity index (χ3v) is 3.07. The second kappa shape index (κ2) is 6.63. The van der Waals surface area contributed by atoms with Crippen molar-refractivity contribution in [2.45, 2.75) is 19.0 Å². The van der Waals surface area contributed by atoms with E-state index in [4.69, 9.17) is 5.73 Å². The Kier molecular flexibility index (Phi) is 5.44. The van der Waals surface area contributed by atoms with E-state index in [2.05, 4.69) is 0 Å². The van der Waals surface area contributed by atoms with E-state index >= 15 is 0 Å². The van der Waals surface area contributed by atoms with Crippen molar-refractivity contribution in [1.29, 1.82) is 0 Å². The minimum absolute atomic E-state index is 0.00950. The van der Waals surface area contributed by atoms with Gasteiger partial charge in [-0.05, 0) is 31.7 Å². The normalized spacial score (nSPS) is 14.3. The number of nitrogens with zero attached hydrogens (tertiary/aromatic N) is 2. The van der Waals surface area contributed by atoms with Gasteiger partial charge in [-0.25, -0.2) is 4.39 Å². The van der Waals surface area contributed by atoms with Crippen molar-refractivity contribution in [2.75, 3.05) is 27.7 Å². The molecule has 19 heavy (non-hydrogen) atoms. The first kappa shape index (κ1) is 15.6. The number of carbonyl (C=O) groups is 1. The van der Waals surface area contributed by atoms with Crippen molar-refractivity contribution in [1.82, 2.24) is 9.80 Å². The maximum atomic E-state index is 13.0. The van der Waals surface area contributed by atoms with Gasteiger partial charge in [-0.15, -0.1) is 0 Å². The molecule has 4 nitrogen and oxygen atoms in total. The number of amides is 1. The smallest absolute Gasteiger partial charge is 0.236 e. The van der Waals surface area contributed by atoms with Crippen molar-refractivity contribution in [3.8, 4) is 0 Å². The molecule has 0 heterocycles. The lowest BCUT2D eigenvalue weighted by molar-refractivity contribution is -0.130. The fourth-order valence-corrected chi connectivity index (χ4v) is 2.07. The molecule has 2 N–H and O–H groups in total. The molecule has 1 aromatic rings. The summed E-state index contributed by atoms with van der Waals surface area (Å²) in [6, 6.07) is 5.95. The van der Waals surface area contributed by atoms with E-state index < -0.39 is 0 Å². The Morgan fingerprint density at radius 1 is 1.26 bits per heavy atom. The van der Waals surface area contributed by atoms with E-state index in [1.54, 1.807) is 31.1 Å². The summed E-state index contributed by atoms with van der Waals surface area (Å²) in [5, 5.41) is 0. The number of hydrogen-bond acceptors (Lipinski definition) is 3. The molecule has 1 rings (SSSR count). The predicted octanol–water partition coefficient (Wildman–Crippen LogP) is 1.23. The molecule has 0 radical (unpaired) electrons.